The Labute approximate surface area is 93.7 Å². The Morgan fingerprint density at radius 3 is 2.44 bits per heavy atom. The van der Waals surface area contributed by atoms with Crippen LogP contribution in [-0.2, 0) is 19.1 Å². The first-order valence-electron chi connectivity index (χ1n) is 4.48. The summed E-state index contributed by atoms with van der Waals surface area (Å²) >= 11 is 0. The van der Waals surface area contributed by atoms with Crippen molar-refractivity contribution in [3.63, 3.8) is 0 Å². The quantitative estimate of drug-likeness (QED) is 0.402. The second-order valence-electron chi connectivity index (χ2n) is 2.71. The number of aliphatic hydroxyl groups is 1. The minimum Gasteiger partial charge on any atom is -0.466 e. The average Bonchev–Trinajstić information content (AvgIpc) is 2.31. The van der Waals surface area contributed by atoms with E-state index >= 15 is 0 Å². The molecule has 0 atom stereocenters. The van der Waals surface area contributed by atoms with E-state index in [0.717, 1.165) is 12.2 Å². The second-order valence-corrected chi connectivity index (χ2v) is 2.71. The van der Waals surface area contributed by atoms with Gasteiger partial charge in [-0.1, -0.05) is 12.7 Å². The van der Waals surface area contributed by atoms with Crippen LogP contribution in [0.25, 0.3) is 0 Å². The Kier molecular flexibility index (Phi) is 7.44. The van der Waals surface area contributed by atoms with Crippen LogP contribution in [0, 0.1) is 0 Å². The molecule has 0 saturated carbocycles. The number of methoxy groups -OCH3 is 1. The third-order valence-corrected chi connectivity index (χ3v) is 1.44. The first-order chi connectivity index (χ1) is 7.60. The zero-order valence-electron chi connectivity index (χ0n) is 9.01. The highest BCUT2D eigenvalue weighted by Gasteiger charge is 1.97. The molecule has 0 amide bonds. The molecule has 1 N–H and O–H groups in total. The van der Waals surface area contributed by atoms with Crippen LogP contribution >= 0.6 is 0 Å². The number of hydrogen-bond donors (Lipinski definition) is 1. The molecule has 0 aliphatic carbocycles. The summed E-state index contributed by atoms with van der Waals surface area (Å²) in [6.07, 6.45) is 5.01. The van der Waals surface area contributed by atoms with Gasteiger partial charge in [-0.3, -0.25) is 0 Å². The largest absolute Gasteiger partial charge is 0.466 e. The Bertz CT molecular complexity index is 314. The van der Waals surface area contributed by atoms with Crippen molar-refractivity contribution in [3.05, 3.63) is 36.5 Å². The van der Waals surface area contributed by atoms with E-state index in [4.69, 9.17) is 5.11 Å². The van der Waals surface area contributed by atoms with Gasteiger partial charge in [-0.15, -0.1) is 0 Å². The number of carbonyl (C=O) groups excluding carboxylic acids is 2. The fourth-order valence-electron chi connectivity index (χ4n) is 0.650. The minimum atomic E-state index is -0.648. The van der Waals surface area contributed by atoms with E-state index in [1.165, 1.54) is 19.3 Å². The maximum atomic E-state index is 11.0. The molecule has 0 spiro atoms. The van der Waals surface area contributed by atoms with Gasteiger partial charge in [0, 0.05) is 12.2 Å². The molecule has 88 valence electrons. The summed E-state index contributed by atoms with van der Waals surface area (Å²) in [5.41, 5.74) is 0.515. The fraction of sp³-hybridized carbons (Fsp3) is 0.273. The van der Waals surface area contributed by atoms with Gasteiger partial charge in [0.05, 0.1) is 13.7 Å². The molecule has 5 nitrogen and oxygen atoms in total. The molecule has 0 aromatic heterocycles. The average molecular weight is 226 g/mol. The fourth-order valence-corrected chi connectivity index (χ4v) is 0.650. The van der Waals surface area contributed by atoms with Gasteiger partial charge in [0.1, 0.15) is 6.61 Å². The lowest BCUT2D eigenvalue weighted by molar-refractivity contribution is -0.138. The van der Waals surface area contributed by atoms with E-state index in [0.29, 0.717) is 5.57 Å². The van der Waals surface area contributed by atoms with Gasteiger partial charge < -0.3 is 14.6 Å². The Hall–Kier alpha value is -1.88. The third kappa shape index (κ3) is 7.52. The summed E-state index contributed by atoms with van der Waals surface area (Å²) in [7, 11) is 1.21. The first kappa shape index (κ1) is 14.1. The maximum absolute atomic E-state index is 11.0. The van der Waals surface area contributed by atoms with Gasteiger partial charge in [0.2, 0.25) is 0 Å². The van der Waals surface area contributed by atoms with Crippen molar-refractivity contribution in [1.29, 1.82) is 0 Å². The van der Waals surface area contributed by atoms with E-state index < -0.39 is 11.9 Å². The van der Waals surface area contributed by atoms with Crippen molar-refractivity contribution in [2.45, 2.75) is 0 Å². The standard InChI is InChI=1S/C11H14O5/c1-9(8-12)4-3-7-16-11(14)6-5-10(13)15-2/h3-6,12H,1,7-8H2,2H3/b4-3+,6-5+. The number of rotatable bonds is 6. The van der Waals surface area contributed by atoms with Gasteiger partial charge in [-0.2, -0.15) is 0 Å². The molecule has 0 radical (unpaired) electrons. The van der Waals surface area contributed by atoms with Crippen LogP contribution in [0.2, 0.25) is 0 Å². The molecular weight excluding hydrogens is 212 g/mol. The van der Waals surface area contributed by atoms with Crippen LogP contribution in [0.4, 0.5) is 0 Å². The zero-order valence-corrected chi connectivity index (χ0v) is 9.01. The Morgan fingerprint density at radius 1 is 1.25 bits per heavy atom. The highest BCUT2D eigenvalue weighted by atomic mass is 16.5. The highest BCUT2D eigenvalue weighted by Crippen LogP contribution is 1.91. The summed E-state index contributed by atoms with van der Waals surface area (Å²) in [5, 5.41) is 8.59. The normalized spacial score (nSPS) is 10.6. The molecule has 16 heavy (non-hydrogen) atoms. The first-order valence-corrected chi connectivity index (χ1v) is 4.48. The molecule has 0 aliphatic rings. The lowest BCUT2D eigenvalue weighted by Crippen LogP contribution is -2.02. The summed E-state index contributed by atoms with van der Waals surface area (Å²) in [6, 6.07) is 0. The van der Waals surface area contributed by atoms with E-state index in [1.807, 2.05) is 0 Å². The number of aliphatic hydroxyl groups excluding tert-OH is 1. The second kappa shape index (κ2) is 8.43. The van der Waals surface area contributed by atoms with Crippen molar-refractivity contribution in [2.75, 3.05) is 20.3 Å². The van der Waals surface area contributed by atoms with Gasteiger partial charge in [-0.05, 0) is 11.6 Å². The molecule has 0 aromatic carbocycles. The summed E-state index contributed by atoms with van der Waals surface area (Å²) in [4.78, 5) is 21.6. The molecule has 0 rings (SSSR count). The van der Waals surface area contributed by atoms with E-state index in [-0.39, 0.29) is 13.2 Å². The smallest absolute Gasteiger partial charge is 0.331 e. The molecule has 5 heteroatoms. The lowest BCUT2D eigenvalue weighted by atomic mass is 10.3. The van der Waals surface area contributed by atoms with E-state index in [9.17, 15) is 9.59 Å². The molecule has 0 saturated heterocycles. The molecule has 0 unspecified atom stereocenters. The van der Waals surface area contributed by atoms with Crippen LogP contribution in [0.1, 0.15) is 0 Å². The monoisotopic (exact) mass is 226 g/mol. The summed E-state index contributed by atoms with van der Waals surface area (Å²) in [5.74, 6) is -1.27. The van der Waals surface area contributed by atoms with Crippen LogP contribution in [-0.4, -0.2) is 37.4 Å². The Morgan fingerprint density at radius 2 is 1.88 bits per heavy atom. The molecule has 0 heterocycles. The van der Waals surface area contributed by atoms with Crippen LogP contribution in [0.5, 0.6) is 0 Å². The number of carbonyl (C=O) groups is 2. The van der Waals surface area contributed by atoms with Gasteiger partial charge in [0.15, 0.2) is 0 Å². The molecular formula is C11H14O5. The Balaban J connectivity index is 3.82. The number of ether oxygens (including phenoxy) is 2. The van der Waals surface area contributed by atoms with E-state index in [2.05, 4.69) is 16.1 Å². The maximum Gasteiger partial charge on any atom is 0.331 e. The number of hydrogen-bond acceptors (Lipinski definition) is 5. The third-order valence-electron chi connectivity index (χ3n) is 1.44. The predicted octanol–water partition coefficient (Wildman–Crippen LogP) is 0.363. The van der Waals surface area contributed by atoms with Crippen LogP contribution in [0.3, 0.4) is 0 Å². The van der Waals surface area contributed by atoms with E-state index in [1.54, 1.807) is 0 Å². The number of esters is 2. The molecule has 0 bridgehead atoms. The van der Waals surface area contributed by atoms with Crippen molar-refractivity contribution < 1.29 is 24.2 Å². The molecule has 0 fully saturated rings. The van der Waals surface area contributed by atoms with Gasteiger partial charge >= 0.3 is 11.9 Å². The van der Waals surface area contributed by atoms with Crippen molar-refractivity contribution in [2.24, 2.45) is 0 Å². The van der Waals surface area contributed by atoms with Gasteiger partial charge in [-0.25, -0.2) is 9.59 Å². The van der Waals surface area contributed by atoms with Crippen molar-refractivity contribution in [3.8, 4) is 0 Å². The van der Waals surface area contributed by atoms with Crippen LogP contribution < -0.4 is 0 Å². The molecule has 0 aliphatic heterocycles. The lowest BCUT2D eigenvalue weighted by Gasteiger charge is -1.96. The summed E-state index contributed by atoms with van der Waals surface area (Å²) in [6.45, 7) is 3.41. The van der Waals surface area contributed by atoms with Gasteiger partial charge in [0.25, 0.3) is 0 Å². The topological polar surface area (TPSA) is 72.8 Å². The van der Waals surface area contributed by atoms with Crippen LogP contribution in [0.15, 0.2) is 36.5 Å². The molecule has 0 aromatic rings. The van der Waals surface area contributed by atoms with Crippen molar-refractivity contribution in [1.82, 2.24) is 0 Å². The summed E-state index contributed by atoms with van der Waals surface area (Å²) < 4.78 is 8.97. The van der Waals surface area contributed by atoms with Crippen molar-refractivity contribution >= 4 is 11.9 Å². The minimum absolute atomic E-state index is 0.0450. The zero-order chi connectivity index (χ0) is 12.4. The predicted molar refractivity (Wildman–Crippen MR) is 57.5 cm³/mol. The SMILES string of the molecule is C=C(/C=C/COC(=O)/C=C/C(=O)OC)CO. The highest BCUT2D eigenvalue weighted by molar-refractivity contribution is 5.91.